The Morgan fingerprint density at radius 3 is 1.05 bits per heavy atom. The standard InChI is InChI=1S/C31H26O8P2/c1-25-24-30(38-40(32,34-26-14-6-2-7-15-26)35-27-16-8-3-9-17-27)22-23-31(25)39-41(33,36-28-18-10-4-11-19-28)37-29-20-12-5-13-21-29/h2-24H,1H3. The first-order valence-electron chi connectivity index (χ1n) is 12.6. The minimum absolute atomic E-state index is 0.174. The molecule has 0 aliphatic rings. The number of para-hydroxylation sites is 4. The van der Waals surface area contributed by atoms with Crippen molar-refractivity contribution in [1.82, 2.24) is 0 Å². The van der Waals surface area contributed by atoms with Crippen LogP contribution in [0, 0.1) is 6.92 Å². The molecule has 0 bridgehead atoms. The van der Waals surface area contributed by atoms with Crippen molar-refractivity contribution in [1.29, 1.82) is 0 Å². The van der Waals surface area contributed by atoms with Crippen molar-refractivity contribution in [2.45, 2.75) is 6.92 Å². The number of aryl methyl sites for hydroxylation is 1. The summed E-state index contributed by atoms with van der Waals surface area (Å²) in [4.78, 5) is 0. The zero-order chi connectivity index (χ0) is 28.5. The van der Waals surface area contributed by atoms with Crippen molar-refractivity contribution in [3.8, 4) is 34.5 Å². The summed E-state index contributed by atoms with van der Waals surface area (Å²) < 4.78 is 62.0. The van der Waals surface area contributed by atoms with E-state index in [1.807, 2.05) is 0 Å². The number of benzene rings is 5. The Balaban J connectivity index is 1.39. The van der Waals surface area contributed by atoms with Crippen LogP contribution < -0.4 is 27.1 Å². The van der Waals surface area contributed by atoms with Crippen molar-refractivity contribution in [3.05, 3.63) is 145 Å². The third kappa shape index (κ3) is 7.95. The lowest BCUT2D eigenvalue weighted by Gasteiger charge is -2.21. The Kier molecular flexibility index (Phi) is 8.64. The van der Waals surface area contributed by atoms with E-state index in [2.05, 4.69) is 0 Å². The van der Waals surface area contributed by atoms with Crippen LogP contribution in [0.5, 0.6) is 34.5 Å². The molecule has 8 nitrogen and oxygen atoms in total. The first-order valence-corrected chi connectivity index (χ1v) is 15.5. The van der Waals surface area contributed by atoms with Gasteiger partial charge in [-0.15, -0.1) is 0 Å². The van der Waals surface area contributed by atoms with Crippen LogP contribution in [0.15, 0.2) is 140 Å². The number of hydrogen-bond acceptors (Lipinski definition) is 8. The molecule has 0 amide bonds. The highest BCUT2D eigenvalue weighted by Crippen LogP contribution is 2.52. The van der Waals surface area contributed by atoms with E-state index in [-0.39, 0.29) is 11.5 Å². The predicted molar refractivity (Wildman–Crippen MR) is 156 cm³/mol. The van der Waals surface area contributed by atoms with E-state index < -0.39 is 15.6 Å². The van der Waals surface area contributed by atoms with Crippen LogP contribution in [0.2, 0.25) is 0 Å². The molecule has 0 fully saturated rings. The van der Waals surface area contributed by atoms with E-state index in [1.54, 1.807) is 134 Å². The Hall–Kier alpha value is -4.64. The Bertz CT molecular complexity index is 1560. The van der Waals surface area contributed by atoms with Gasteiger partial charge in [-0.05, 0) is 79.2 Å². The third-order valence-corrected chi connectivity index (χ3v) is 8.01. The molecule has 0 unspecified atom stereocenters. The summed E-state index contributed by atoms with van der Waals surface area (Å²) in [6, 6.07) is 38.9. The summed E-state index contributed by atoms with van der Waals surface area (Å²) in [5.74, 6) is 1.60. The van der Waals surface area contributed by atoms with Gasteiger partial charge in [0.2, 0.25) is 0 Å². The Morgan fingerprint density at radius 1 is 0.390 bits per heavy atom. The summed E-state index contributed by atoms with van der Waals surface area (Å²) in [6.07, 6.45) is 0. The number of phosphoric ester groups is 2. The molecule has 0 saturated carbocycles. The van der Waals surface area contributed by atoms with Crippen LogP contribution in [-0.4, -0.2) is 0 Å². The molecule has 5 rings (SSSR count). The van der Waals surface area contributed by atoms with Gasteiger partial charge in [-0.25, -0.2) is 0 Å². The normalized spacial score (nSPS) is 11.2. The van der Waals surface area contributed by atoms with Gasteiger partial charge in [0, 0.05) is 0 Å². The maximum absolute atomic E-state index is 13.8. The van der Waals surface area contributed by atoms with Crippen LogP contribution in [0.25, 0.3) is 0 Å². The fourth-order valence-corrected chi connectivity index (χ4v) is 6.15. The van der Waals surface area contributed by atoms with E-state index in [9.17, 15) is 9.13 Å². The monoisotopic (exact) mass is 588 g/mol. The zero-order valence-electron chi connectivity index (χ0n) is 21.9. The van der Waals surface area contributed by atoms with Crippen LogP contribution >= 0.6 is 15.6 Å². The SMILES string of the molecule is Cc1cc(OP(=O)(Oc2ccccc2)Oc2ccccc2)ccc1OP(=O)(Oc1ccccc1)Oc1ccccc1. The second-order valence-corrected chi connectivity index (χ2v) is 11.5. The van der Waals surface area contributed by atoms with E-state index in [0.29, 0.717) is 28.6 Å². The van der Waals surface area contributed by atoms with Crippen LogP contribution in [0.3, 0.4) is 0 Å². The molecule has 0 aliphatic carbocycles. The molecule has 10 heteroatoms. The molecule has 41 heavy (non-hydrogen) atoms. The minimum Gasteiger partial charge on any atom is -0.386 e. The lowest BCUT2D eigenvalue weighted by atomic mass is 10.2. The highest BCUT2D eigenvalue weighted by Gasteiger charge is 2.35. The van der Waals surface area contributed by atoms with Crippen molar-refractivity contribution >= 4 is 15.6 Å². The summed E-state index contributed by atoms with van der Waals surface area (Å²) >= 11 is 0. The molecule has 0 saturated heterocycles. The first-order chi connectivity index (χ1) is 19.9. The highest BCUT2D eigenvalue weighted by molar-refractivity contribution is 7.50. The molecular formula is C31H26O8P2. The van der Waals surface area contributed by atoms with Crippen molar-refractivity contribution in [2.24, 2.45) is 0 Å². The Labute approximate surface area is 238 Å². The molecule has 0 aliphatic heterocycles. The van der Waals surface area contributed by atoms with Gasteiger partial charge in [0.1, 0.15) is 34.5 Å². The average Bonchev–Trinajstić information content (AvgIpc) is 2.96. The van der Waals surface area contributed by atoms with Gasteiger partial charge in [0.05, 0.1) is 0 Å². The van der Waals surface area contributed by atoms with Gasteiger partial charge in [0.15, 0.2) is 0 Å². The largest absolute Gasteiger partial charge is 0.647 e. The summed E-state index contributed by atoms with van der Waals surface area (Å²) in [5.41, 5.74) is 0.502. The Morgan fingerprint density at radius 2 is 0.707 bits per heavy atom. The van der Waals surface area contributed by atoms with Crippen molar-refractivity contribution in [2.75, 3.05) is 0 Å². The summed E-state index contributed by atoms with van der Waals surface area (Å²) in [5, 5.41) is 0. The minimum atomic E-state index is -4.20. The maximum atomic E-state index is 13.8. The van der Waals surface area contributed by atoms with Crippen molar-refractivity contribution in [3.63, 3.8) is 0 Å². The molecule has 0 heterocycles. The summed E-state index contributed by atoms with van der Waals surface area (Å²) in [6.45, 7) is 1.71. The smallest absolute Gasteiger partial charge is 0.386 e. The maximum Gasteiger partial charge on any atom is 0.647 e. The molecular weight excluding hydrogens is 562 g/mol. The van der Waals surface area contributed by atoms with Gasteiger partial charge in [0.25, 0.3) is 0 Å². The third-order valence-electron chi connectivity index (χ3n) is 5.42. The van der Waals surface area contributed by atoms with E-state index >= 15 is 0 Å². The molecule has 0 aromatic heterocycles. The molecule has 5 aromatic carbocycles. The van der Waals surface area contributed by atoms with Gasteiger partial charge in [-0.2, -0.15) is 9.13 Å². The number of rotatable bonds is 12. The zero-order valence-corrected chi connectivity index (χ0v) is 23.7. The molecule has 0 spiro atoms. The average molecular weight is 588 g/mol. The molecule has 0 N–H and O–H groups in total. The molecule has 5 aromatic rings. The first kappa shape index (κ1) is 27.9. The van der Waals surface area contributed by atoms with Crippen molar-refractivity contribution < 1.29 is 36.3 Å². The quantitative estimate of drug-likeness (QED) is 0.133. The van der Waals surface area contributed by atoms with Crippen LogP contribution in [-0.2, 0) is 9.13 Å². The topological polar surface area (TPSA) is 89.5 Å². The fraction of sp³-hybridized carbons (Fsp3) is 0.0323. The van der Waals surface area contributed by atoms with Gasteiger partial charge in [-0.3, -0.25) is 0 Å². The van der Waals surface area contributed by atoms with Gasteiger partial charge < -0.3 is 27.1 Å². The van der Waals surface area contributed by atoms with Gasteiger partial charge >= 0.3 is 15.6 Å². The molecule has 0 atom stereocenters. The van der Waals surface area contributed by atoms with E-state index in [0.717, 1.165) is 0 Å². The highest BCUT2D eigenvalue weighted by atomic mass is 31.2. The predicted octanol–water partition coefficient (Wildman–Crippen LogP) is 9.28. The molecule has 208 valence electrons. The van der Waals surface area contributed by atoms with Crippen LogP contribution in [0.4, 0.5) is 0 Å². The van der Waals surface area contributed by atoms with Gasteiger partial charge in [-0.1, -0.05) is 72.8 Å². The lowest BCUT2D eigenvalue weighted by Crippen LogP contribution is -2.09. The second-order valence-electron chi connectivity index (χ2n) is 8.62. The van der Waals surface area contributed by atoms with E-state index in [1.165, 1.54) is 12.1 Å². The second kappa shape index (κ2) is 12.7. The summed E-state index contributed by atoms with van der Waals surface area (Å²) in [7, 11) is -8.40. The van der Waals surface area contributed by atoms with Crippen LogP contribution in [0.1, 0.15) is 5.56 Å². The molecule has 0 radical (unpaired) electrons. The van der Waals surface area contributed by atoms with E-state index in [4.69, 9.17) is 27.1 Å². The lowest BCUT2D eigenvalue weighted by molar-refractivity contribution is 0.293. The fourth-order valence-electron chi connectivity index (χ4n) is 3.58. The number of hydrogen-bond donors (Lipinski definition) is 0. The number of phosphoric acid groups is 2.